The van der Waals surface area contributed by atoms with E-state index in [0.29, 0.717) is 5.92 Å². The van der Waals surface area contributed by atoms with Gasteiger partial charge in [0.2, 0.25) is 0 Å². The maximum absolute atomic E-state index is 11.6. The predicted octanol–water partition coefficient (Wildman–Crippen LogP) is 1.94. The van der Waals surface area contributed by atoms with Crippen molar-refractivity contribution in [2.45, 2.75) is 32.0 Å². The van der Waals surface area contributed by atoms with Gasteiger partial charge in [0.05, 0.1) is 6.54 Å². The second kappa shape index (κ2) is 3.01. The average Bonchev–Trinajstić information content (AvgIpc) is 1.82. The highest BCUT2D eigenvalue weighted by atomic mass is 19.4. The van der Waals surface area contributed by atoms with Crippen molar-refractivity contribution in [3.8, 4) is 0 Å². The molecule has 11 heavy (non-hydrogen) atoms. The number of alkyl halides is 3. The number of hydrogen-bond donors (Lipinski definition) is 1. The summed E-state index contributed by atoms with van der Waals surface area (Å²) in [6.07, 6.45) is -2.12. The number of nitrogens with one attached hydrogen (secondary N) is 1. The second-order valence-electron chi connectivity index (χ2n) is 3.16. The Morgan fingerprint density at radius 1 is 1.36 bits per heavy atom. The molecule has 0 bridgehead atoms. The average molecular weight is 167 g/mol. The highest BCUT2D eigenvalue weighted by Gasteiger charge is 2.32. The fourth-order valence-corrected chi connectivity index (χ4v) is 1.22. The fourth-order valence-electron chi connectivity index (χ4n) is 1.22. The summed E-state index contributed by atoms with van der Waals surface area (Å²) >= 11 is 0. The van der Waals surface area contributed by atoms with Gasteiger partial charge in [-0.15, -0.1) is 0 Å². The van der Waals surface area contributed by atoms with Gasteiger partial charge >= 0.3 is 6.18 Å². The van der Waals surface area contributed by atoms with Crippen LogP contribution in [0.4, 0.5) is 13.2 Å². The first-order chi connectivity index (χ1) is 4.99. The molecule has 66 valence electrons. The molecule has 0 aromatic heterocycles. The lowest BCUT2D eigenvalue weighted by Crippen LogP contribution is -2.46. The van der Waals surface area contributed by atoms with Crippen LogP contribution in [0.1, 0.15) is 19.8 Å². The lowest BCUT2D eigenvalue weighted by atomic mass is 9.81. The SMILES string of the molecule is CC1CCC1NCC(F)(F)F. The molecule has 4 heteroatoms. The second-order valence-corrected chi connectivity index (χ2v) is 3.16. The molecule has 1 aliphatic carbocycles. The minimum atomic E-state index is -4.06. The molecule has 1 saturated carbocycles. The minimum absolute atomic E-state index is 0.0941. The van der Waals surface area contributed by atoms with Crippen LogP contribution in [0.25, 0.3) is 0 Å². The van der Waals surface area contributed by atoms with Crippen LogP contribution in [-0.4, -0.2) is 18.8 Å². The van der Waals surface area contributed by atoms with Crippen molar-refractivity contribution < 1.29 is 13.2 Å². The summed E-state index contributed by atoms with van der Waals surface area (Å²) in [5, 5.41) is 2.48. The highest BCUT2D eigenvalue weighted by Crippen LogP contribution is 2.27. The molecular weight excluding hydrogens is 155 g/mol. The number of rotatable bonds is 2. The maximum atomic E-state index is 11.6. The summed E-state index contributed by atoms with van der Waals surface area (Å²) in [4.78, 5) is 0. The Balaban J connectivity index is 2.12. The molecular formula is C7H12F3N. The Morgan fingerprint density at radius 2 is 2.00 bits per heavy atom. The van der Waals surface area contributed by atoms with Crippen molar-refractivity contribution in [2.75, 3.05) is 6.54 Å². The molecule has 1 aliphatic rings. The summed E-state index contributed by atoms with van der Waals surface area (Å²) < 4.78 is 34.9. The van der Waals surface area contributed by atoms with E-state index in [9.17, 15) is 13.2 Å². The quantitative estimate of drug-likeness (QED) is 0.662. The van der Waals surface area contributed by atoms with E-state index in [-0.39, 0.29) is 6.04 Å². The van der Waals surface area contributed by atoms with Crippen LogP contribution in [0.15, 0.2) is 0 Å². The van der Waals surface area contributed by atoms with Gasteiger partial charge in [0.25, 0.3) is 0 Å². The van der Waals surface area contributed by atoms with E-state index in [0.717, 1.165) is 12.8 Å². The molecule has 2 atom stereocenters. The van der Waals surface area contributed by atoms with Crippen molar-refractivity contribution in [1.82, 2.24) is 5.32 Å². The lowest BCUT2D eigenvalue weighted by Gasteiger charge is -2.34. The first-order valence-corrected chi connectivity index (χ1v) is 3.79. The normalized spacial score (nSPS) is 31.6. The van der Waals surface area contributed by atoms with Gasteiger partial charge in [0.1, 0.15) is 0 Å². The van der Waals surface area contributed by atoms with Gasteiger partial charge < -0.3 is 5.32 Å². The van der Waals surface area contributed by atoms with Crippen molar-refractivity contribution in [3.05, 3.63) is 0 Å². The standard InChI is InChI=1S/C7H12F3N/c1-5-2-3-6(5)11-4-7(8,9)10/h5-6,11H,2-4H2,1H3. The van der Waals surface area contributed by atoms with Gasteiger partial charge in [0.15, 0.2) is 0 Å². The number of hydrogen-bond acceptors (Lipinski definition) is 1. The van der Waals surface area contributed by atoms with E-state index >= 15 is 0 Å². The van der Waals surface area contributed by atoms with Crippen molar-refractivity contribution in [1.29, 1.82) is 0 Å². The molecule has 1 fully saturated rings. The smallest absolute Gasteiger partial charge is 0.306 e. The van der Waals surface area contributed by atoms with Crippen molar-refractivity contribution in [3.63, 3.8) is 0 Å². The largest absolute Gasteiger partial charge is 0.401 e. The van der Waals surface area contributed by atoms with Gasteiger partial charge in [-0.25, -0.2) is 0 Å². The fraction of sp³-hybridized carbons (Fsp3) is 1.00. The summed E-state index contributed by atoms with van der Waals surface area (Å²) in [6, 6.07) is 0.0941. The van der Waals surface area contributed by atoms with E-state index in [4.69, 9.17) is 0 Å². The van der Waals surface area contributed by atoms with Crippen LogP contribution in [0.5, 0.6) is 0 Å². The van der Waals surface area contributed by atoms with Crippen molar-refractivity contribution >= 4 is 0 Å². The Kier molecular flexibility index (Phi) is 2.42. The van der Waals surface area contributed by atoms with Crippen LogP contribution in [-0.2, 0) is 0 Å². The van der Waals surface area contributed by atoms with E-state index in [1.54, 1.807) is 0 Å². The molecule has 0 aliphatic heterocycles. The molecule has 0 radical (unpaired) electrons. The van der Waals surface area contributed by atoms with Gasteiger partial charge in [-0.1, -0.05) is 6.92 Å². The Bertz CT molecular complexity index is 132. The van der Waals surface area contributed by atoms with Crippen molar-refractivity contribution in [2.24, 2.45) is 5.92 Å². The first-order valence-electron chi connectivity index (χ1n) is 3.79. The first kappa shape index (κ1) is 8.84. The maximum Gasteiger partial charge on any atom is 0.401 e. The molecule has 2 unspecified atom stereocenters. The Labute approximate surface area is 64.0 Å². The van der Waals surface area contributed by atoms with Gasteiger partial charge in [0, 0.05) is 6.04 Å². The minimum Gasteiger partial charge on any atom is -0.306 e. The third-order valence-electron chi connectivity index (χ3n) is 2.18. The topological polar surface area (TPSA) is 12.0 Å². The zero-order valence-corrected chi connectivity index (χ0v) is 6.41. The van der Waals surface area contributed by atoms with Gasteiger partial charge in [-0.2, -0.15) is 13.2 Å². The summed E-state index contributed by atoms with van der Waals surface area (Å²) in [5.41, 5.74) is 0. The predicted molar refractivity (Wildman–Crippen MR) is 36.2 cm³/mol. The molecule has 0 saturated heterocycles. The third kappa shape index (κ3) is 2.69. The molecule has 0 aromatic rings. The number of halogens is 3. The van der Waals surface area contributed by atoms with Crippen LogP contribution in [0.3, 0.4) is 0 Å². The molecule has 1 nitrogen and oxygen atoms in total. The highest BCUT2D eigenvalue weighted by molar-refractivity contribution is 4.83. The molecule has 0 aromatic carbocycles. The zero-order valence-electron chi connectivity index (χ0n) is 6.41. The van der Waals surface area contributed by atoms with E-state index < -0.39 is 12.7 Å². The lowest BCUT2D eigenvalue weighted by molar-refractivity contribution is -0.128. The Morgan fingerprint density at radius 3 is 2.27 bits per heavy atom. The van der Waals surface area contributed by atoms with Crippen LogP contribution < -0.4 is 5.32 Å². The third-order valence-corrected chi connectivity index (χ3v) is 2.18. The van der Waals surface area contributed by atoms with Gasteiger partial charge in [-0.3, -0.25) is 0 Å². The van der Waals surface area contributed by atoms with Crippen LogP contribution in [0, 0.1) is 5.92 Å². The van der Waals surface area contributed by atoms with Crippen LogP contribution >= 0.6 is 0 Å². The Hall–Kier alpha value is -0.250. The molecule has 1 N–H and O–H groups in total. The van der Waals surface area contributed by atoms with E-state index in [1.165, 1.54) is 0 Å². The summed E-state index contributed by atoms with van der Waals surface area (Å²) in [6.45, 7) is 1.12. The summed E-state index contributed by atoms with van der Waals surface area (Å²) in [7, 11) is 0. The molecule has 0 heterocycles. The zero-order chi connectivity index (χ0) is 8.48. The monoisotopic (exact) mass is 167 g/mol. The molecule has 1 rings (SSSR count). The van der Waals surface area contributed by atoms with E-state index in [1.807, 2.05) is 6.92 Å². The van der Waals surface area contributed by atoms with E-state index in [2.05, 4.69) is 5.32 Å². The molecule has 0 amide bonds. The van der Waals surface area contributed by atoms with Gasteiger partial charge in [-0.05, 0) is 18.8 Å². The van der Waals surface area contributed by atoms with Crippen LogP contribution in [0.2, 0.25) is 0 Å². The molecule has 0 spiro atoms. The summed E-state index contributed by atoms with van der Waals surface area (Å²) in [5.74, 6) is 0.414.